The molecule has 6 bridgehead atoms. The monoisotopic (exact) mass is 891 g/mol. The van der Waals surface area contributed by atoms with Gasteiger partial charge in [0.05, 0.1) is 10.8 Å². The minimum absolute atomic E-state index is 0.460. The predicted molar refractivity (Wildman–Crippen MR) is 279 cm³/mol. The van der Waals surface area contributed by atoms with Gasteiger partial charge in [0.2, 0.25) is 0 Å². The van der Waals surface area contributed by atoms with Crippen molar-refractivity contribution >= 4 is 43.9 Å². The molecular formula is C65H37N3O2. The van der Waals surface area contributed by atoms with E-state index in [9.17, 15) is 0 Å². The molecule has 16 rings (SSSR count). The lowest BCUT2D eigenvalue weighted by Crippen LogP contribution is -2.31. The normalized spacial score (nSPS) is 15.6. The van der Waals surface area contributed by atoms with E-state index in [1.807, 2.05) is 42.5 Å². The van der Waals surface area contributed by atoms with Crippen LogP contribution >= 0.6 is 0 Å². The molecule has 0 saturated carbocycles. The molecule has 0 N–H and O–H groups in total. The van der Waals surface area contributed by atoms with Crippen molar-refractivity contribution in [3.05, 3.63) is 269 Å². The third kappa shape index (κ3) is 4.83. The van der Waals surface area contributed by atoms with Crippen molar-refractivity contribution in [2.24, 2.45) is 0 Å². The van der Waals surface area contributed by atoms with Crippen LogP contribution < -0.4 is 0 Å². The van der Waals surface area contributed by atoms with Crippen molar-refractivity contribution in [2.45, 2.75) is 10.8 Å². The second-order valence-electron chi connectivity index (χ2n) is 19.0. The number of para-hydroxylation sites is 1. The van der Waals surface area contributed by atoms with Crippen LogP contribution in [0.15, 0.2) is 233 Å². The Bertz CT molecular complexity index is 4350. The highest BCUT2D eigenvalue weighted by molar-refractivity contribution is 6.12. The van der Waals surface area contributed by atoms with Crippen LogP contribution in [0.25, 0.3) is 100 Å². The van der Waals surface area contributed by atoms with Crippen LogP contribution in [0.5, 0.6) is 0 Å². The average Bonchev–Trinajstić information content (AvgIpc) is 4.17. The van der Waals surface area contributed by atoms with E-state index in [0.717, 1.165) is 82.8 Å². The fraction of sp³-hybridized carbons (Fsp3) is 0.0308. The molecule has 324 valence electrons. The molecule has 5 nitrogen and oxygen atoms in total. The van der Waals surface area contributed by atoms with Crippen molar-refractivity contribution in [3.63, 3.8) is 0 Å². The summed E-state index contributed by atoms with van der Waals surface area (Å²) in [5.41, 5.74) is 19.5. The first-order chi connectivity index (χ1) is 34.7. The first-order valence-corrected chi connectivity index (χ1v) is 23.9. The lowest BCUT2D eigenvalue weighted by atomic mass is 9.64. The molecule has 1 aliphatic heterocycles. The van der Waals surface area contributed by atoms with Crippen LogP contribution in [0.3, 0.4) is 0 Å². The zero-order chi connectivity index (χ0) is 45.7. The van der Waals surface area contributed by atoms with Crippen LogP contribution in [0.1, 0.15) is 44.5 Å². The second-order valence-corrected chi connectivity index (χ2v) is 19.0. The van der Waals surface area contributed by atoms with E-state index < -0.39 is 10.8 Å². The van der Waals surface area contributed by atoms with Gasteiger partial charge in [-0.1, -0.05) is 170 Å². The number of benzene rings is 10. The number of aromatic nitrogens is 3. The van der Waals surface area contributed by atoms with Gasteiger partial charge in [0.15, 0.2) is 17.5 Å². The van der Waals surface area contributed by atoms with E-state index in [4.69, 9.17) is 23.8 Å². The maximum absolute atomic E-state index is 6.74. The fourth-order valence-corrected chi connectivity index (χ4v) is 12.8. The van der Waals surface area contributed by atoms with E-state index in [1.54, 1.807) is 0 Å². The van der Waals surface area contributed by atoms with Crippen LogP contribution in [0, 0.1) is 0 Å². The molecule has 1 atom stereocenters. The van der Waals surface area contributed by atoms with Crippen LogP contribution in [0.2, 0.25) is 0 Å². The minimum atomic E-state index is -0.819. The highest BCUT2D eigenvalue weighted by Gasteiger charge is 2.52. The van der Waals surface area contributed by atoms with E-state index in [1.165, 1.54) is 44.5 Å². The number of fused-ring (bicyclic) bond motifs is 20. The first-order valence-electron chi connectivity index (χ1n) is 23.9. The highest BCUT2D eigenvalue weighted by Crippen LogP contribution is 2.63. The Morgan fingerprint density at radius 2 is 0.786 bits per heavy atom. The summed E-state index contributed by atoms with van der Waals surface area (Å²) in [5.74, 6) is 1.75. The smallest absolute Gasteiger partial charge is 0.164 e. The van der Waals surface area contributed by atoms with E-state index >= 15 is 0 Å². The fourth-order valence-electron chi connectivity index (χ4n) is 12.8. The zero-order valence-electron chi connectivity index (χ0n) is 37.5. The zero-order valence-corrected chi connectivity index (χ0v) is 37.5. The van der Waals surface area contributed by atoms with Gasteiger partial charge < -0.3 is 8.83 Å². The van der Waals surface area contributed by atoms with E-state index in [-0.39, 0.29) is 0 Å². The SMILES string of the molecule is c1ccc(C2(c3ccc4c(c3)-c3ccccc3C43c4ccccc4-c4ccccc43)c3cccc(c3)-c3nc(-c4ccc5oc6ccccc6c5c4)nc(n3)-c3cccc4oc5ccc2cc5c34)cc1. The Hall–Kier alpha value is -9.19. The maximum atomic E-state index is 6.74. The number of rotatable bonds is 3. The molecule has 0 saturated heterocycles. The Morgan fingerprint density at radius 1 is 0.271 bits per heavy atom. The maximum Gasteiger partial charge on any atom is 0.164 e. The molecule has 4 heterocycles. The minimum Gasteiger partial charge on any atom is -0.456 e. The quantitative estimate of drug-likeness (QED) is 0.177. The molecule has 3 aliphatic rings. The van der Waals surface area contributed by atoms with Gasteiger partial charge in [0, 0.05) is 38.2 Å². The molecule has 2 aliphatic carbocycles. The highest BCUT2D eigenvalue weighted by atomic mass is 16.3. The Labute approximate surface area is 402 Å². The van der Waals surface area contributed by atoms with Gasteiger partial charge >= 0.3 is 0 Å². The second kappa shape index (κ2) is 13.7. The first kappa shape index (κ1) is 37.9. The van der Waals surface area contributed by atoms with Gasteiger partial charge in [-0.2, -0.15) is 0 Å². The number of hydrogen-bond acceptors (Lipinski definition) is 5. The third-order valence-corrected chi connectivity index (χ3v) is 15.6. The Balaban J connectivity index is 1.00. The van der Waals surface area contributed by atoms with Gasteiger partial charge in [-0.25, -0.2) is 15.0 Å². The molecular weight excluding hydrogens is 855 g/mol. The van der Waals surface area contributed by atoms with Crippen LogP contribution in [0.4, 0.5) is 0 Å². The van der Waals surface area contributed by atoms with Gasteiger partial charge in [-0.3, -0.25) is 0 Å². The molecule has 70 heavy (non-hydrogen) atoms. The summed E-state index contributed by atoms with van der Waals surface area (Å²) in [6.07, 6.45) is 0. The van der Waals surface area contributed by atoms with Crippen molar-refractivity contribution in [2.75, 3.05) is 0 Å². The van der Waals surface area contributed by atoms with Crippen molar-refractivity contribution in [1.29, 1.82) is 0 Å². The van der Waals surface area contributed by atoms with Crippen molar-refractivity contribution in [1.82, 2.24) is 15.0 Å². The molecule has 0 radical (unpaired) electrons. The number of furan rings is 2. The summed E-state index contributed by atoms with van der Waals surface area (Å²) in [6, 6.07) is 81.6. The standard InChI is InChI=1S/C65H37N3O2/c1-2-15-40(16-3-1)64(42-29-31-55-49(36-42)46-20-6-10-25-54(46)65(55)52-23-8-4-18-44(52)45-19-5-9-24-53(45)65)41-17-12-14-38(34-41)61-66-62(39-28-32-57-50(35-39)47-21-7-11-26-56(47)69-57)68-63(67-61)48-22-13-27-59-60(48)51-37-43(64)30-33-58(51)70-59/h1-37H. The topological polar surface area (TPSA) is 65.0 Å². The largest absolute Gasteiger partial charge is 0.456 e. The summed E-state index contributed by atoms with van der Waals surface area (Å²) in [7, 11) is 0. The summed E-state index contributed by atoms with van der Waals surface area (Å²) >= 11 is 0. The lowest BCUT2D eigenvalue weighted by Gasteiger charge is -2.38. The van der Waals surface area contributed by atoms with E-state index in [0.29, 0.717) is 17.5 Å². The van der Waals surface area contributed by atoms with Gasteiger partial charge in [-0.05, 0) is 121 Å². The average molecular weight is 892 g/mol. The molecule has 0 fully saturated rings. The summed E-state index contributed by atoms with van der Waals surface area (Å²) in [5, 5.41) is 4.03. The van der Waals surface area contributed by atoms with Crippen LogP contribution in [-0.2, 0) is 10.8 Å². The molecule has 13 aromatic rings. The molecule has 0 amide bonds. The Kier molecular flexibility index (Phi) is 7.42. The third-order valence-electron chi connectivity index (χ3n) is 15.6. The predicted octanol–water partition coefficient (Wildman–Crippen LogP) is 15.7. The van der Waals surface area contributed by atoms with Gasteiger partial charge in [0.1, 0.15) is 22.3 Å². The van der Waals surface area contributed by atoms with Crippen molar-refractivity contribution in [3.8, 4) is 56.4 Å². The van der Waals surface area contributed by atoms with E-state index in [2.05, 4.69) is 182 Å². The summed E-state index contributed by atoms with van der Waals surface area (Å²) in [4.78, 5) is 16.0. The molecule has 10 aromatic carbocycles. The van der Waals surface area contributed by atoms with Crippen LogP contribution in [-0.4, -0.2) is 15.0 Å². The van der Waals surface area contributed by atoms with Gasteiger partial charge in [-0.15, -0.1) is 0 Å². The number of nitrogens with zero attached hydrogens (tertiary/aromatic N) is 3. The molecule has 1 unspecified atom stereocenters. The van der Waals surface area contributed by atoms with Gasteiger partial charge in [0.25, 0.3) is 0 Å². The number of hydrogen-bond donors (Lipinski definition) is 0. The summed E-state index contributed by atoms with van der Waals surface area (Å²) < 4.78 is 13.0. The molecule has 5 heteroatoms. The van der Waals surface area contributed by atoms with Crippen molar-refractivity contribution < 1.29 is 8.83 Å². The Morgan fingerprint density at radius 3 is 1.57 bits per heavy atom. The summed E-state index contributed by atoms with van der Waals surface area (Å²) in [6.45, 7) is 0. The molecule has 3 aromatic heterocycles. The molecule has 1 spiro atoms. The lowest BCUT2D eigenvalue weighted by molar-refractivity contribution is 0.668.